The Hall–Kier alpha value is -0.670. The monoisotopic (exact) mass is 299 g/mol. The van der Waals surface area contributed by atoms with Gasteiger partial charge in [0, 0.05) is 12.8 Å². The zero-order valence-corrected chi connectivity index (χ0v) is 11.9. The number of hydrogen-bond donors (Lipinski definition) is 1. The van der Waals surface area contributed by atoms with Gasteiger partial charge in [-0.25, -0.2) is 16.8 Å². The summed E-state index contributed by atoms with van der Waals surface area (Å²) in [6.45, 7) is 1.80. The number of aliphatic carboxylic acids is 1. The minimum Gasteiger partial charge on any atom is -0.480 e. The van der Waals surface area contributed by atoms with Gasteiger partial charge in [-0.05, 0) is 12.3 Å². The Balaban J connectivity index is 2.88. The third kappa shape index (κ3) is 3.66. The summed E-state index contributed by atoms with van der Waals surface area (Å²) in [6.07, 6.45) is 1.42. The summed E-state index contributed by atoms with van der Waals surface area (Å²) in [5, 5.41) is 9.02. The molecule has 7 nitrogen and oxygen atoms in total. The molecule has 0 aromatic rings. The SMILES string of the molecule is CC1CCN(S(=O)(=O)CCS(C)(=O)=O)C1C(=O)O. The lowest BCUT2D eigenvalue weighted by Gasteiger charge is -2.22. The van der Waals surface area contributed by atoms with E-state index in [1.54, 1.807) is 6.92 Å². The van der Waals surface area contributed by atoms with Gasteiger partial charge in [-0.3, -0.25) is 4.79 Å². The Morgan fingerprint density at radius 1 is 1.28 bits per heavy atom. The molecule has 1 aliphatic heterocycles. The van der Waals surface area contributed by atoms with Crippen molar-refractivity contribution in [3.63, 3.8) is 0 Å². The summed E-state index contributed by atoms with van der Waals surface area (Å²) in [5.74, 6) is -2.52. The van der Waals surface area contributed by atoms with E-state index in [0.29, 0.717) is 6.42 Å². The van der Waals surface area contributed by atoms with E-state index in [1.165, 1.54) is 0 Å². The van der Waals surface area contributed by atoms with E-state index in [9.17, 15) is 21.6 Å². The van der Waals surface area contributed by atoms with Crippen LogP contribution in [0.5, 0.6) is 0 Å². The molecule has 0 radical (unpaired) electrons. The largest absolute Gasteiger partial charge is 0.480 e. The van der Waals surface area contributed by atoms with Gasteiger partial charge in [0.25, 0.3) is 0 Å². The molecule has 2 unspecified atom stereocenters. The summed E-state index contributed by atoms with van der Waals surface area (Å²) in [6, 6.07) is -1.09. The lowest BCUT2D eigenvalue weighted by Crippen LogP contribution is -2.44. The highest BCUT2D eigenvalue weighted by Crippen LogP contribution is 2.27. The fourth-order valence-corrected chi connectivity index (χ4v) is 5.28. The van der Waals surface area contributed by atoms with E-state index in [-0.39, 0.29) is 12.5 Å². The van der Waals surface area contributed by atoms with Crippen molar-refractivity contribution < 1.29 is 26.7 Å². The Labute approximate surface area is 107 Å². The standard InChI is InChI=1S/C9H17NO6S2/c1-7-3-4-10(8(7)9(11)12)18(15,16)6-5-17(2,13)14/h7-8H,3-6H2,1-2H3,(H,11,12). The van der Waals surface area contributed by atoms with Crippen LogP contribution in [0.15, 0.2) is 0 Å². The molecule has 0 bridgehead atoms. The Bertz CT molecular complexity index is 523. The zero-order valence-electron chi connectivity index (χ0n) is 10.2. The van der Waals surface area contributed by atoms with Crippen LogP contribution in [0.2, 0.25) is 0 Å². The van der Waals surface area contributed by atoms with Crippen molar-refractivity contribution in [3.8, 4) is 0 Å². The highest BCUT2D eigenvalue weighted by molar-refractivity contribution is 7.93. The first-order valence-corrected chi connectivity index (χ1v) is 9.11. The molecule has 18 heavy (non-hydrogen) atoms. The van der Waals surface area contributed by atoms with Crippen LogP contribution in [-0.2, 0) is 24.7 Å². The lowest BCUT2D eigenvalue weighted by atomic mass is 10.0. The molecule has 1 aliphatic rings. The molecular formula is C9H17NO6S2. The van der Waals surface area contributed by atoms with E-state index >= 15 is 0 Å². The smallest absolute Gasteiger partial charge is 0.322 e. The molecule has 1 heterocycles. The summed E-state index contributed by atoms with van der Waals surface area (Å²) in [7, 11) is -7.24. The maximum absolute atomic E-state index is 11.9. The molecule has 106 valence electrons. The van der Waals surface area contributed by atoms with Crippen molar-refractivity contribution in [3.05, 3.63) is 0 Å². The molecule has 0 aliphatic carbocycles. The number of carboxylic acids is 1. The topological polar surface area (TPSA) is 109 Å². The molecule has 1 saturated heterocycles. The summed E-state index contributed by atoms with van der Waals surface area (Å²) in [5.41, 5.74) is 0. The molecular weight excluding hydrogens is 282 g/mol. The second-order valence-corrected chi connectivity index (χ2v) is 8.91. The van der Waals surface area contributed by atoms with Gasteiger partial charge in [-0.2, -0.15) is 4.31 Å². The van der Waals surface area contributed by atoms with Gasteiger partial charge in [0.1, 0.15) is 15.9 Å². The number of nitrogens with zero attached hydrogens (tertiary/aromatic N) is 1. The number of carboxylic acid groups (broad SMARTS) is 1. The van der Waals surface area contributed by atoms with Gasteiger partial charge in [-0.15, -0.1) is 0 Å². The van der Waals surface area contributed by atoms with Crippen molar-refractivity contribution >= 4 is 25.8 Å². The predicted molar refractivity (Wildman–Crippen MR) is 65.4 cm³/mol. The van der Waals surface area contributed by atoms with Gasteiger partial charge in [0.2, 0.25) is 10.0 Å². The van der Waals surface area contributed by atoms with Gasteiger partial charge in [0.05, 0.1) is 11.5 Å². The van der Waals surface area contributed by atoms with E-state index in [0.717, 1.165) is 10.6 Å². The minimum absolute atomic E-state index is 0.129. The highest BCUT2D eigenvalue weighted by Gasteiger charge is 2.43. The average molecular weight is 299 g/mol. The van der Waals surface area contributed by atoms with Crippen LogP contribution in [0, 0.1) is 5.92 Å². The normalized spacial score (nSPS) is 26.3. The first-order chi connectivity index (χ1) is 8.04. The fourth-order valence-electron chi connectivity index (χ4n) is 1.96. The Morgan fingerprint density at radius 2 is 1.83 bits per heavy atom. The average Bonchev–Trinajstić information content (AvgIpc) is 2.57. The van der Waals surface area contributed by atoms with Crippen LogP contribution >= 0.6 is 0 Å². The van der Waals surface area contributed by atoms with Crippen LogP contribution in [0.4, 0.5) is 0 Å². The first kappa shape index (κ1) is 15.4. The minimum atomic E-state index is -3.85. The lowest BCUT2D eigenvalue weighted by molar-refractivity contribution is -0.141. The molecule has 0 spiro atoms. The molecule has 1 N–H and O–H groups in total. The second kappa shape index (κ2) is 5.14. The van der Waals surface area contributed by atoms with Gasteiger partial charge >= 0.3 is 5.97 Å². The summed E-state index contributed by atoms with van der Waals surface area (Å²) < 4.78 is 46.7. The van der Waals surface area contributed by atoms with Crippen molar-refractivity contribution in [2.75, 3.05) is 24.3 Å². The van der Waals surface area contributed by atoms with Crippen LogP contribution < -0.4 is 0 Å². The Kier molecular flexibility index (Phi) is 4.39. The van der Waals surface area contributed by atoms with Gasteiger partial charge in [0.15, 0.2) is 0 Å². The van der Waals surface area contributed by atoms with Gasteiger partial charge in [-0.1, -0.05) is 6.92 Å². The number of hydrogen-bond acceptors (Lipinski definition) is 5. The quantitative estimate of drug-likeness (QED) is 0.708. The van der Waals surface area contributed by atoms with Gasteiger partial charge < -0.3 is 5.11 Å². The second-order valence-electron chi connectivity index (χ2n) is 4.61. The molecule has 0 aromatic heterocycles. The van der Waals surface area contributed by atoms with Crippen molar-refractivity contribution in [1.82, 2.24) is 4.31 Å². The van der Waals surface area contributed by atoms with E-state index in [1.807, 2.05) is 0 Å². The number of carbonyl (C=O) groups is 1. The Morgan fingerprint density at radius 3 is 2.28 bits per heavy atom. The first-order valence-electron chi connectivity index (χ1n) is 5.44. The molecule has 2 atom stereocenters. The highest BCUT2D eigenvalue weighted by atomic mass is 32.2. The van der Waals surface area contributed by atoms with E-state index in [2.05, 4.69) is 0 Å². The fraction of sp³-hybridized carbons (Fsp3) is 0.889. The maximum atomic E-state index is 11.9. The summed E-state index contributed by atoms with van der Waals surface area (Å²) in [4.78, 5) is 11.0. The molecule has 0 saturated carbocycles. The molecule has 1 fully saturated rings. The maximum Gasteiger partial charge on any atom is 0.322 e. The third-order valence-electron chi connectivity index (χ3n) is 2.98. The zero-order chi connectivity index (χ0) is 14.1. The van der Waals surface area contributed by atoms with E-state index in [4.69, 9.17) is 5.11 Å². The predicted octanol–water partition coefficient (Wildman–Crippen LogP) is -0.844. The number of sulfonamides is 1. The van der Waals surface area contributed by atoms with Crippen LogP contribution in [0.1, 0.15) is 13.3 Å². The van der Waals surface area contributed by atoms with Crippen LogP contribution in [0.3, 0.4) is 0 Å². The van der Waals surface area contributed by atoms with Crippen molar-refractivity contribution in [2.24, 2.45) is 5.92 Å². The molecule has 0 amide bonds. The van der Waals surface area contributed by atoms with Crippen LogP contribution in [0.25, 0.3) is 0 Å². The number of sulfone groups is 1. The van der Waals surface area contributed by atoms with Crippen molar-refractivity contribution in [1.29, 1.82) is 0 Å². The number of rotatable bonds is 5. The molecule has 1 rings (SSSR count). The van der Waals surface area contributed by atoms with E-state index < -0.39 is 43.4 Å². The molecule has 9 heteroatoms. The van der Waals surface area contributed by atoms with Crippen LogP contribution in [-0.4, -0.2) is 62.6 Å². The summed E-state index contributed by atoms with van der Waals surface area (Å²) >= 11 is 0. The van der Waals surface area contributed by atoms with Crippen molar-refractivity contribution in [2.45, 2.75) is 19.4 Å². The molecule has 0 aromatic carbocycles. The third-order valence-corrected chi connectivity index (χ3v) is 6.02.